The van der Waals surface area contributed by atoms with Crippen molar-refractivity contribution in [2.75, 3.05) is 0 Å². The molecule has 0 N–H and O–H groups in total. The number of pyridine rings is 2. The van der Waals surface area contributed by atoms with E-state index in [0.29, 0.717) is 5.56 Å². The lowest BCUT2D eigenvalue weighted by molar-refractivity contribution is -0.643. The number of nitrogens with zero attached hydrogens (tertiary/aromatic N) is 2. The van der Waals surface area contributed by atoms with Gasteiger partial charge in [0.25, 0.3) is 0 Å². The van der Waals surface area contributed by atoms with Crippen LogP contribution < -0.4 is 4.57 Å². The third-order valence-corrected chi connectivity index (χ3v) is 8.22. The Bertz CT molecular complexity index is 2040. The zero-order valence-corrected chi connectivity index (χ0v) is 21.2. The minimum absolute atomic E-state index is 0.0616. The minimum Gasteiger partial charge on any atom is -0.307 e. The van der Waals surface area contributed by atoms with Crippen LogP contribution in [0.1, 0.15) is 25.0 Å². The molecular formula is C32H26F3N2+. The van der Waals surface area contributed by atoms with Crippen molar-refractivity contribution in [2.24, 2.45) is 12.5 Å². The van der Waals surface area contributed by atoms with E-state index in [1.165, 1.54) is 41.1 Å². The van der Waals surface area contributed by atoms with Gasteiger partial charge in [-0.3, -0.25) is 0 Å². The zero-order chi connectivity index (χ0) is 25.9. The molecule has 4 aromatic carbocycles. The first-order valence-corrected chi connectivity index (χ1v) is 12.5. The molecule has 184 valence electrons. The molecule has 0 bridgehead atoms. The molecule has 0 amide bonds. The molecule has 0 aliphatic carbocycles. The van der Waals surface area contributed by atoms with Crippen molar-refractivity contribution in [1.82, 2.24) is 4.40 Å². The summed E-state index contributed by atoms with van der Waals surface area (Å²) < 4.78 is 45.6. The van der Waals surface area contributed by atoms with E-state index in [1.54, 1.807) is 0 Å². The quantitative estimate of drug-likeness (QED) is 0.129. The summed E-state index contributed by atoms with van der Waals surface area (Å²) in [5.74, 6) is 0. The third kappa shape index (κ3) is 2.91. The zero-order valence-electron chi connectivity index (χ0n) is 21.2. The van der Waals surface area contributed by atoms with Crippen LogP contribution in [0.3, 0.4) is 0 Å². The Morgan fingerprint density at radius 3 is 2.35 bits per heavy atom. The maximum atomic E-state index is 13.7. The molecule has 0 atom stereocenters. The number of para-hydroxylation sites is 1. The SMILES string of the molecule is Cc1ccc2c3ccccc3n3c4cc5ccc(CC(C)(C)C(F)(F)F)cc5c5cc[n+](C)c(c1c23)c54. The Kier molecular flexibility index (Phi) is 4.30. The van der Waals surface area contributed by atoms with E-state index < -0.39 is 11.6 Å². The average Bonchev–Trinajstić information content (AvgIpc) is 3.18. The largest absolute Gasteiger partial charge is 0.394 e. The van der Waals surface area contributed by atoms with Crippen LogP contribution in [0, 0.1) is 12.3 Å². The van der Waals surface area contributed by atoms with E-state index in [9.17, 15) is 13.2 Å². The Labute approximate surface area is 211 Å². The molecule has 0 aliphatic rings. The summed E-state index contributed by atoms with van der Waals surface area (Å²) >= 11 is 0. The Morgan fingerprint density at radius 1 is 0.784 bits per heavy atom. The normalized spacial score (nSPS) is 13.4. The maximum Gasteiger partial charge on any atom is 0.394 e. The topological polar surface area (TPSA) is 8.29 Å². The Morgan fingerprint density at radius 2 is 1.57 bits per heavy atom. The van der Waals surface area contributed by atoms with Crippen LogP contribution in [0.2, 0.25) is 0 Å². The number of rotatable bonds is 2. The monoisotopic (exact) mass is 495 g/mol. The van der Waals surface area contributed by atoms with E-state index in [4.69, 9.17) is 0 Å². The predicted molar refractivity (Wildman–Crippen MR) is 146 cm³/mol. The number of benzene rings is 4. The second kappa shape index (κ2) is 7.12. The van der Waals surface area contributed by atoms with Gasteiger partial charge in [-0.25, -0.2) is 4.57 Å². The summed E-state index contributed by atoms with van der Waals surface area (Å²) in [6.07, 6.45) is -2.25. The van der Waals surface area contributed by atoms with Crippen LogP contribution in [-0.4, -0.2) is 10.6 Å². The summed E-state index contributed by atoms with van der Waals surface area (Å²) in [6, 6.07) is 23.0. The van der Waals surface area contributed by atoms with Gasteiger partial charge in [0.15, 0.2) is 6.20 Å². The van der Waals surface area contributed by atoms with Crippen LogP contribution in [0.4, 0.5) is 13.2 Å². The molecule has 0 unspecified atom stereocenters. The molecule has 2 nitrogen and oxygen atoms in total. The van der Waals surface area contributed by atoms with Gasteiger partial charge in [-0.1, -0.05) is 62.4 Å². The van der Waals surface area contributed by atoms with Gasteiger partial charge in [-0.15, -0.1) is 0 Å². The van der Waals surface area contributed by atoms with Crippen LogP contribution in [0.5, 0.6) is 0 Å². The molecule has 0 saturated heterocycles. The highest BCUT2D eigenvalue weighted by atomic mass is 19.4. The first-order chi connectivity index (χ1) is 17.6. The van der Waals surface area contributed by atoms with Crippen molar-refractivity contribution < 1.29 is 17.7 Å². The van der Waals surface area contributed by atoms with Crippen molar-refractivity contribution in [3.63, 3.8) is 0 Å². The second-order valence-corrected chi connectivity index (χ2v) is 11.1. The molecule has 0 saturated carbocycles. The molecule has 0 aliphatic heterocycles. The highest BCUT2D eigenvalue weighted by Gasteiger charge is 2.47. The van der Waals surface area contributed by atoms with Gasteiger partial charge in [0.05, 0.1) is 32.7 Å². The van der Waals surface area contributed by atoms with Crippen molar-refractivity contribution in [3.05, 3.63) is 84.1 Å². The number of fused-ring (bicyclic) bond motifs is 7. The molecule has 5 heteroatoms. The van der Waals surface area contributed by atoms with Crippen LogP contribution >= 0.6 is 0 Å². The lowest BCUT2D eigenvalue weighted by Crippen LogP contribution is -2.34. The molecule has 0 spiro atoms. The number of hydrogen-bond acceptors (Lipinski definition) is 0. The van der Waals surface area contributed by atoms with E-state index in [2.05, 4.69) is 77.7 Å². The van der Waals surface area contributed by atoms with Gasteiger partial charge in [-0.2, -0.15) is 13.2 Å². The van der Waals surface area contributed by atoms with Crippen LogP contribution in [0.15, 0.2) is 72.9 Å². The fraction of sp³-hybridized carbons (Fsp3) is 0.219. The van der Waals surface area contributed by atoms with Crippen molar-refractivity contribution in [2.45, 2.75) is 33.4 Å². The smallest absolute Gasteiger partial charge is 0.307 e. The predicted octanol–water partition coefficient (Wildman–Crippen LogP) is 8.41. The van der Waals surface area contributed by atoms with E-state index >= 15 is 0 Å². The summed E-state index contributed by atoms with van der Waals surface area (Å²) in [7, 11) is 2.07. The molecule has 37 heavy (non-hydrogen) atoms. The van der Waals surface area contributed by atoms with Gasteiger partial charge < -0.3 is 4.40 Å². The van der Waals surface area contributed by atoms with Crippen molar-refractivity contribution >= 4 is 59.8 Å². The first kappa shape index (κ1) is 22.3. The van der Waals surface area contributed by atoms with Gasteiger partial charge in [0.1, 0.15) is 7.05 Å². The van der Waals surface area contributed by atoms with Gasteiger partial charge in [0, 0.05) is 22.2 Å². The third-order valence-electron chi connectivity index (χ3n) is 8.22. The van der Waals surface area contributed by atoms with Gasteiger partial charge in [-0.05, 0) is 47.4 Å². The molecule has 0 fully saturated rings. The Hall–Kier alpha value is -3.86. The molecule has 0 radical (unpaired) electrons. The summed E-state index contributed by atoms with van der Waals surface area (Å²) in [4.78, 5) is 0. The minimum atomic E-state index is -4.27. The number of hydrogen-bond donors (Lipinski definition) is 0. The maximum absolute atomic E-state index is 13.7. The molecular weight excluding hydrogens is 469 g/mol. The number of alkyl halides is 3. The molecule has 7 aromatic rings. The first-order valence-electron chi connectivity index (χ1n) is 12.5. The lowest BCUT2D eigenvalue weighted by atomic mass is 9.84. The van der Waals surface area contributed by atoms with Gasteiger partial charge in [0.2, 0.25) is 5.52 Å². The van der Waals surface area contributed by atoms with Gasteiger partial charge >= 0.3 is 6.18 Å². The highest BCUT2D eigenvalue weighted by molar-refractivity contribution is 6.29. The lowest BCUT2D eigenvalue weighted by Gasteiger charge is -2.28. The summed E-state index contributed by atoms with van der Waals surface area (Å²) in [5.41, 5.74) is 4.72. The van der Waals surface area contributed by atoms with Crippen LogP contribution in [0.25, 0.3) is 59.8 Å². The average molecular weight is 496 g/mol. The standard InChI is InChI=1S/C32H26F3N2/c1-18-9-12-23-21-7-5-6-8-25(21)37-26-16-20-11-10-19(17-31(2,3)32(33,34)35)15-24(20)22-13-14-36(4)30(28(22)26)27(18)29(23)37/h5-16H,17H2,1-4H3/q+1. The molecule has 3 aromatic heterocycles. The van der Waals surface area contributed by atoms with Crippen molar-refractivity contribution in [3.8, 4) is 0 Å². The second-order valence-electron chi connectivity index (χ2n) is 11.1. The van der Waals surface area contributed by atoms with E-state index in [-0.39, 0.29) is 6.42 Å². The number of aryl methyl sites for hydroxylation is 2. The van der Waals surface area contributed by atoms with Crippen molar-refractivity contribution in [1.29, 1.82) is 0 Å². The fourth-order valence-corrected chi connectivity index (χ4v) is 6.22. The summed E-state index contributed by atoms with van der Waals surface area (Å²) in [5, 5.41) is 7.86. The molecule has 7 rings (SSSR count). The fourth-order valence-electron chi connectivity index (χ4n) is 6.22. The summed E-state index contributed by atoms with van der Waals surface area (Å²) in [6.45, 7) is 4.70. The van der Waals surface area contributed by atoms with E-state index in [1.807, 2.05) is 18.2 Å². The highest BCUT2D eigenvalue weighted by Crippen LogP contribution is 2.44. The van der Waals surface area contributed by atoms with Crippen LogP contribution in [-0.2, 0) is 13.5 Å². The van der Waals surface area contributed by atoms with E-state index in [0.717, 1.165) is 38.1 Å². The Balaban J connectivity index is 1.68. The number of halogens is 3. The molecule has 3 heterocycles. The number of aromatic nitrogens is 2.